The van der Waals surface area contributed by atoms with Crippen molar-refractivity contribution in [2.75, 3.05) is 5.73 Å². The molecule has 0 aliphatic carbocycles. The molecule has 3 aromatic rings. The first-order chi connectivity index (χ1) is 6.86. The molecule has 14 heavy (non-hydrogen) atoms. The maximum atomic E-state index is 5.71. The lowest BCUT2D eigenvalue weighted by Gasteiger charge is -1.97. The van der Waals surface area contributed by atoms with E-state index in [9.17, 15) is 0 Å². The molecule has 0 aliphatic rings. The Bertz CT molecular complexity index is 613. The molecule has 0 aliphatic heterocycles. The Hall–Kier alpha value is -2.03. The van der Waals surface area contributed by atoms with Crippen LogP contribution >= 0.6 is 0 Å². The van der Waals surface area contributed by atoms with Gasteiger partial charge in [-0.1, -0.05) is 35.5 Å². The van der Waals surface area contributed by atoms with Gasteiger partial charge in [0.2, 0.25) is 5.88 Å². The Morgan fingerprint density at radius 1 is 1.07 bits per heavy atom. The standard InChI is InChI=1S/C11H8N2O/c12-11-10-8-4-2-1-3-7(8)5-6-9(10)13-14-11/h1-6H,12H2. The minimum absolute atomic E-state index is 0.386. The van der Waals surface area contributed by atoms with Gasteiger partial charge in [-0.2, -0.15) is 0 Å². The van der Waals surface area contributed by atoms with Gasteiger partial charge in [-0.25, -0.2) is 0 Å². The van der Waals surface area contributed by atoms with Crippen LogP contribution in [0.3, 0.4) is 0 Å². The quantitative estimate of drug-likeness (QED) is 0.584. The Kier molecular flexibility index (Phi) is 1.31. The maximum absolute atomic E-state index is 5.71. The highest BCUT2D eigenvalue weighted by molar-refractivity contribution is 6.10. The van der Waals surface area contributed by atoms with Crippen LogP contribution in [0.1, 0.15) is 0 Å². The predicted molar refractivity (Wildman–Crippen MR) is 55.9 cm³/mol. The number of nitrogens with zero attached hydrogens (tertiary/aromatic N) is 1. The number of nitrogen functional groups attached to an aromatic ring is 1. The number of hydrogen-bond acceptors (Lipinski definition) is 3. The molecule has 3 heteroatoms. The van der Waals surface area contributed by atoms with Crippen LogP contribution in [0.15, 0.2) is 40.9 Å². The van der Waals surface area contributed by atoms with Crippen molar-refractivity contribution in [3.05, 3.63) is 36.4 Å². The molecule has 0 amide bonds. The molecule has 0 fully saturated rings. The van der Waals surface area contributed by atoms with Gasteiger partial charge in [-0.15, -0.1) is 0 Å². The van der Waals surface area contributed by atoms with Crippen LogP contribution in [0, 0.1) is 0 Å². The summed E-state index contributed by atoms with van der Waals surface area (Å²) in [5.41, 5.74) is 6.52. The number of fused-ring (bicyclic) bond motifs is 3. The van der Waals surface area contributed by atoms with E-state index in [-0.39, 0.29) is 0 Å². The van der Waals surface area contributed by atoms with E-state index in [1.54, 1.807) is 0 Å². The SMILES string of the molecule is Nc1onc2ccc3ccccc3c12. The minimum Gasteiger partial charge on any atom is -0.367 e. The van der Waals surface area contributed by atoms with Gasteiger partial charge in [0.05, 0.1) is 5.39 Å². The summed E-state index contributed by atoms with van der Waals surface area (Å²) in [5.74, 6) is 0.386. The highest BCUT2D eigenvalue weighted by atomic mass is 16.5. The van der Waals surface area contributed by atoms with E-state index >= 15 is 0 Å². The van der Waals surface area contributed by atoms with Crippen molar-refractivity contribution >= 4 is 27.6 Å². The maximum Gasteiger partial charge on any atom is 0.230 e. The van der Waals surface area contributed by atoms with E-state index in [0.717, 1.165) is 21.7 Å². The molecular formula is C11H8N2O. The van der Waals surface area contributed by atoms with Crippen molar-refractivity contribution in [3.8, 4) is 0 Å². The first kappa shape index (κ1) is 7.38. The molecule has 2 aromatic carbocycles. The van der Waals surface area contributed by atoms with Crippen LogP contribution < -0.4 is 5.73 Å². The second-order valence-electron chi connectivity index (χ2n) is 3.23. The summed E-state index contributed by atoms with van der Waals surface area (Å²) in [6.45, 7) is 0. The summed E-state index contributed by atoms with van der Waals surface area (Å²) in [6, 6.07) is 12.0. The molecule has 0 saturated carbocycles. The average molecular weight is 184 g/mol. The molecule has 0 saturated heterocycles. The van der Waals surface area contributed by atoms with Crippen molar-refractivity contribution in [1.29, 1.82) is 0 Å². The molecule has 0 atom stereocenters. The van der Waals surface area contributed by atoms with Crippen LogP contribution in [0.4, 0.5) is 5.88 Å². The summed E-state index contributed by atoms with van der Waals surface area (Å²) in [4.78, 5) is 0. The molecule has 0 radical (unpaired) electrons. The second kappa shape index (κ2) is 2.48. The fourth-order valence-electron chi connectivity index (χ4n) is 1.74. The zero-order valence-electron chi connectivity index (χ0n) is 7.40. The number of nitrogens with two attached hydrogens (primary N) is 1. The zero-order valence-corrected chi connectivity index (χ0v) is 7.40. The molecule has 1 heterocycles. The summed E-state index contributed by atoms with van der Waals surface area (Å²) in [5, 5.41) is 7.01. The van der Waals surface area contributed by atoms with E-state index in [2.05, 4.69) is 5.16 Å². The summed E-state index contributed by atoms with van der Waals surface area (Å²) in [6.07, 6.45) is 0. The second-order valence-corrected chi connectivity index (χ2v) is 3.23. The molecule has 0 unspecified atom stereocenters. The Balaban J connectivity index is 2.65. The third-order valence-electron chi connectivity index (χ3n) is 2.40. The van der Waals surface area contributed by atoms with Crippen molar-refractivity contribution in [2.24, 2.45) is 0 Å². The van der Waals surface area contributed by atoms with Crippen LogP contribution in [0.2, 0.25) is 0 Å². The summed E-state index contributed by atoms with van der Waals surface area (Å²) < 4.78 is 4.95. The molecule has 68 valence electrons. The van der Waals surface area contributed by atoms with E-state index in [0.29, 0.717) is 5.88 Å². The van der Waals surface area contributed by atoms with Gasteiger partial charge in [0.25, 0.3) is 0 Å². The van der Waals surface area contributed by atoms with E-state index in [1.165, 1.54) is 0 Å². The lowest BCUT2D eigenvalue weighted by molar-refractivity contribution is 0.445. The minimum atomic E-state index is 0.386. The number of benzene rings is 2. The van der Waals surface area contributed by atoms with Crippen LogP contribution in [0.5, 0.6) is 0 Å². The molecule has 0 bridgehead atoms. The molecule has 1 aromatic heterocycles. The summed E-state index contributed by atoms with van der Waals surface area (Å²) >= 11 is 0. The zero-order chi connectivity index (χ0) is 9.54. The molecule has 3 nitrogen and oxygen atoms in total. The summed E-state index contributed by atoms with van der Waals surface area (Å²) in [7, 11) is 0. The Morgan fingerprint density at radius 2 is 1.93 bits per heavy atom. The van der Waals surface area contributed by atoms with Gasteiger partial charge < -0.3 is 10.3 Å². The highest BCUT2D eigenvalue weighted by Crippen LogP contribution is 2.28. The normalized spacial score (nSPS) is 11.1. The molecule has 2 N–H and O–H groups in total. The van der Waals surface area contributed by atoms with Crippen molar-refractivity contribution in [3.63, 3.8) is 0 Å². The van der Waals surface area contributed by atoms with Gasteiger partial charge >= 0.3 is 0 Å². The first-order valence-corrected chi connectivity index (χ1v) is 4.39. The molecule has 0 spiro atoms. The number of rotatable bonds is 0. The lowest BCUT2D eigenvalue weighted by atomic mass is 10.1. The van der Waals surface area contributed by atoms with Crippen LogP contribution in [-0.2, 0) is 0 Å². The van der Waals surface area contributed by atoms with Gasteiger partial charge in [0, 0.05) is 0 Å². The smallest absolute Gasteiger partial charge is 0.230 e. The predicted octanol–water partition coefficient (Wildman–Crippen LogP) is 2.56. The average Bonchev–Trinajstić information content (AvgIpc) is 2.61. The van der Waals surface area contributed by atoms with E-state index in [4.69, 9.17) is 10.3 Å². The van der Waals surface area contributed by atoms with Crippen molar-refractivity contribution < 1.29 is 4.52 Å². The molecule has 3 rings (SSSR count). The number of anilines is 1. The van der Waals surface area contributed by atoms with E-state index in [1.807, 2.05) is 36.4 Å². The van der Waals surface area contributed by atoms with Crippen molar-refractivity contribution in [1.82, 2.24) is 5.16 Å². The highest BCUT2D eigenvalue weighted by Gasteiger charge is 2.07. The van der Waals surface area contributed by atoms with Gasteiger partial charge in [-0.3, -0.25) is 0 Å². The largest absolute Gasteiger partial charge is 0.367 e. The number of aromatic nitrogens is 1. The van der Waals surface area contributed by atoms with Gasteiger partial charge in [0.1, 0.15) is 5.52 Å². The molecular weight excluding hydrogens is 176 g/mol. The fourth-order valence-corrected chi connectivity index (χ4v) is 1.74. The Morgan fingerprint density at radius 3 is 2.86 bits per heavy atom. The first-order valence-electron chi connectivity index (χ1n) is 4.39. The van der Waals surface area contributed by atoms with E-state index < -0.39 is 0 Å². The van der Waals surface area contributed by atoms with Gasteiger partial charge in [-0.05, 0) is 16.8 Å². The number of hydrogen-bond donors (Lipinski definition) is 1. The van der Waals surface area contributed by atoms with Gasteiger partial charge in [0.15, 0.2) is 0 Å². The van der Waals surface area contributed by atoms with Crippen LogP contribution in [-0.4, -0.2) is 5.16 Å². The monoisotopic (exact) mass is 184 g/mol. The van der Waals surface area contributed by atoms with Crippen LogP contribution in [0.25, 0.3) is 21.7 Å². The Labute approximate surface area is 80.1 Å². The topological polar surface area (TPSA) is 52.0 Å². The third-order valence-corrected chi connectivity index (χ3v) is 2.40. The lowest BCUT2D eigenvalue weighted by Crippen LogP contribution is -1.81. The fraction of sp³-hybridized carbons (Fsp3) is 0. The van der Waals surface area contributed by atoms with Crippen molar-refractivity contribution in [2.45, 2.75) is 0 Å². The third kappa shape index (κ3) is 0.836.